The van der Waals surface area contributed by atoms with Crippen molar-refractivity contribution in [2.45, 2.75) is 13.1 Å². The van der Waals surface area contributed by atoms with Gasteiger partial charge in [0.25, 0.3) is 8.32 Å². The maximum absolute atomic E-state index is 13.9. The Morgan fingerprint density at radius 2 is 1.18 bits per heavy atom. The monoisotopic (exact) mass is 352 g/mol. The first-order valence-corrected chi connectivity index (χ1v) is 9.40. The molecule has 8 heteroatoms. The van der Waals surface area contributed by atoms with Gasteiger partial charge >= 0.3 is 0 Å². The predicted octanol–water partition coefficient (Wildman–Crippen LogP) is 4.53. The van der Waals surface area contributed by atoms with Crippen molar-refractivity contribution in [3.8, 4) is 5.75 Å². The molecule has 22 heavy (non-hydrogen) atoms. The van der Waals surface area contributed by atoms with Gasteiger partial charge in [-0.15, -0.1) is 0 Å². The van der Waals surface area contributed by atoms with Crippen LogP contribution in [0.3, 0.4) is 0 Å². The Bertz CT molecular complexity index is 689. The first kappa shape index (κ1) is 16.8. The third-order valence-electron chi connectivity index (χ3n) is 3.00. The standard InChI is InChI=1S/C14H10ClF5OSi/c1-22(2,21-8-5-3-7(15)4-6-8)14-12(19)10(17)9(16)11(18)13(14)20/h3-6H,1-2H3. The molecule has 0 unspecified atom stereocenters. The van der Waals surface area contributed by atoms with Gasteiger partial charge in [-0.05, 0) is 37.4 Å². The van der Waals surface area contributed by atoms with E-state index in [1.807, 2.05) is 0 Å². The van der Waals surface area contributed by atoms with Crippen LogP contribution in [0.15, 0.2) is 24.3 Å². The molecule has 0 aromatic heterocycles. The Labute approximate surface area is 129 Å². The molecule has 0 atom stereocenters. The SMILES string of the molecule is C[Si](C)(Oc1ccc(Cl)cc1)c1c(F)c(F)c(F)c(F)c1F. The van der Waals surface area contributed by atoms with Crippen LogP contribution in [-0.2, 0) is 0 Å². The zero-order chi connectivity index (χ0) is 16.7. The summed E-state index contributed by atoms with van der Waals surface area (Å²) in [6.07, 6.45) is 0. The quantitative estimate of drug-likeness (QED) is 0.341. The third-order valence-corrected chi connectivity index (χ3v) is 5.64. The molecule has 0 amide bonds. The van der Waals surface area contributed by atoms with E-state index in [1.54, 1.807) is 0 Å². The molecular formula is C14H10ClF5OSi. The van der Waals surface area contributed by atoms with Crippen molar-refractivity contribution < 1.29 is 26.4 Å². The molecule has 2 rings (SSSR count). The molecule has 2 aromatic carbocycles. The van der Waals surface area contributed by atoms with Gasteiger partial charge < -0.3 is 4.43 Å². The maximum Gasteiger partial charge on any atom is 0.282 e. The van der Waals surface area contributed by atoms with Gasteiger partial charge in [0.2, 0.25) is 5.82 Å². The van der Waals surface area contributed by atoms with Gasteiger partial charge in [-0.25, -0.2) is 22.0 Å². The van der Waals surface area contributed by atoms with Crippen LogP contribution in [0.4, 0.5) is 22.0 Å². The van der Waals surface area contributed by atoms with Gasteiger partial charge in [0.1, 0.15) is 5.75 Å². The third kappa shape index (κ3) is 2.96. The van der Waals surface area contributed by atoms with Gasteiger partial charge in [-0.2, -0.15) is 0 Å². The lowest BCUT2D eigenvalue weighted by Crippen LogP contribution is -2.52. The summed E-state index contributed by atoms with van der Waals surface area (Å²) in [5.41, 5.74) is 0. The largest absolute Gasteiger partial charge is 0.539 e. The van der Waals surface area contributed by atoms with Crippen LogP contribution in [0.1, 0.15) is 0 Å². The highest BCUT2D eigenvalue weighted by molar-refractivity contribution is 6.85. The summed E-state index contributed by atoms with van der Waals surface area (Å²) in [4.78, 5) is 0. The van der Waals surface area contributed by atoms with Crippen LogP contribution < -0.4 is 9.61 Å². The van der Waals surface area contributed by atoms with E-state index in [-0.39, 0.29) is 5.75 Å². The molecule has 0 aliphatic carbocycles. The maximum atomic E-state index is 13.9. The van der Waals surface area contributed by atoms with Crippen molar-refractivity contribution in [3.05, 3.63) is 58.4 Å². The summed E-state index contributed by atoms with van der Waals surface area (Å²) in [5, 5.41) is -0.484. The molecule has 0 saturated heterocycles. The molecule has 0 radical (unpaired) electrons. The van der Waals surface area contributed by atoms with Crippen molar-refractivity contribution in [3.63, 3.8) is 0 Å². The van der Waals surface area contributed by atoms with Crippen LogP contribution in [0.5, 0.6) is 5.75 Å². The van der Waals surface area contributed by atoms with Crippen molar-refractivity contribution >= 4 is 25.1 Å². The van der Waals surface area contributed by atoms with Crippen molar-refractivity contribution in [2.24, 2.45) is 0 Å². The van der Waals surface area contributed by atoms with E-state index < -0.39 is 42.6 Å². The van der Waals surface area contributed by atoms with Gasteiger partial charge in [-0.1, -0.05) is 11.6 Å². The Hall–Kier alpha value is -1.60. The normalized spacial score (nSPS) is 11.6. The summed E-state index contributed by atoms with van der Waals surface area (Å²) < 4.78 is 73.0. The number of benzene rings is 2. The van der Waals surface area contributed by atoms with Crippen LogP contribution in [0, 0.1) is 29.1 Å². The summed E-state index contributed by atoms with van der Waals surface area (Å²) in [5.74, 6) is -9.63. The topological polar surface area (TPSA) is 9.23 Å². The number of rotatable bonds is 3. The number of hydrogen-bond acceptors (Lipinski definition) is 1. The molecule has 2 aromatic rings. The molecule has 0 bridgehead atoms. The highest BCUT2D eigenvalue weighted by Crippen LogP contribution is 2.23. The second-order valence-corrected chi connectivity index (χ2v) is 9.17. The van der Waals surface area contributed by atoms with Crippen LogP contribution in [0.25, 0.3) is 0 Å². The molecule has 0 aliphatic rings. The van der Waals surface area contributed by atoms with E-state index in [4.69, 9.17) is 16.0 Å². The van der Waals surface area contributed by atoms with Crippen molar-refractivity contribution in [1.29, 1.82) is 0 Å². The van der Waals surface area contributed by atoms with Crippen molar-refractivity contribution in [1.82, 2.24) is 0 Å². The first-order chi connectivity index (χ1) is 10.1. The Morgan fingerprint density at radius 3 is 1.64 bits per heavy atom. The summed E-state index contributed by atoms with van der Waals surface area (Å²) >= 11 is 5.70. The molecule has 0 saturated carbocycles. The minimum atomic E-state index is -3.45. The van der Waals surface area contributed by atoms with E-state index in [0.717, 1.165) is 0 Å². The fraction of sp³-hybridized carbons (Fsp3) is 0.143. The molecule has 0 N–H and O–H groups in total. The number of hydrogen-bond donors (Lipinski definition) is 0. The molecule has 0 spiro atoms. The van der Waals surface area contributed by atoms with Crippen LogP contribution in [0.2, 0.25) is 18.1 Å². The lowest BCUT2D eigenvalue weighted by Gasteiger charge is -2.25. The fourth-order valence-corrected chi connectivity index (χ4v) is 4.21. The van der Waals surface area contributed by atoms with Gasteiger partial charge in [0, 0.05) is 5.02 Å². The summed E-state index contributed by atoms with van der Waals surface area (Å²) in [6.45, 7) is 2.67. The first-order valence-electron chi connectivity index (χ1n) is 6.11. The smallest absolute Gasteiger partial charge is 0.282 e. The van der Waals surface area contributed by atoms with Gasteiger partial charge in [0.05, 0.1) is 5.19 Å². The minimum Gasteiger partial charge on any atom is -0.539 e. The molecule has 0 heterocycles. The zero-order valence-corrected chi connectivity index (χ0v) is 13.2. The summed E-state index contributed by atoms with van der Waals surface area (Å²) in [6, 6.07) is 5.87. The van der Waals surface area contributed by atoms with Crippen LogP contribution >= 0.6 is 11.6 Å². The summed E-state index contributed by atoms with van der Waals surface area (Å²) in [7, 11) is -3.45. The fourth-order valence-electron chi connectivity index (χ4n) is 1.98. The molecule has 0 fully saturated rings. The van der Waals surface area contributed by atoms with E-state index in [0.29, 0.717) is 5.02 Å². The highest BCUT2D eigenvalue weighted by atomic mass is 35.5. The van der Waals surface area contributed by atoms with Gasteiger partial charge in [-0.3, -0.25) is 0 Å². The van der Waals surface area contributed by atoms with Crippen LogP contribution in [-0.4, -0.2) is 8.32 Å². The van der Waals surface area contributed by atoms with E-state index >= 15 is 0 Å². The average molecular weight is 353 g/mol. The lowest BCUT2D eigenvalue weighted by atomic mass is 10.3. The molecular weight excluding hydrogens is 343 g/mol. The second kappa shape index (κ2) is 5.89. The molecule has 1 nitrogen and oxygen atoms in total. The Morgan fingerprint density at radius 1 is 0.773 bits per heavy atom. The number of halogens is 6. The van der Waals surface area contributed by atoms with E-state index in [2.05, 4.69) is 0 Å². The van der Waals surface area contributed by atoms with Crippen molar-refractivity contribution in [2.75, 3.05) is 0 Å². The van der Waals surface area contributed by atoms with E-state index in [1.165, 1.54) is 37.4 Å². The molecule has 118 valence electrons. The highest BCUT2D eigenvalue weighted by Gasteiger charge is 2.39. The average Bonchev–Trinajstić information content (AvgIpc) is 2.45. The Balaban J connectivity index is 2.51. The lowest BCUT2D eigenvalue weighted by molar-refractivity contribution is 0.382. The Kier molecular flexibility index (Phi) is 4.48. The van der Waals surface area contributed by atoms with Gasteiger partial charge in [0.15, 0.2) is 23.3 Å². The second-order valence-electron chi connectivity index (χ2n) is 5.01. The van der Waals surface area contributed by atoms with E-state index in [9.17, 15) is 22.0 Å². The minimum absolute atomic E-state index is 0.227. The zero-order valence-electron chi connectivity index (χ0n) is 11.5. The predicted molar refractivity (Wildman–Crippen MR) is 75.4 cm³/mol. The molecule has 0 aliphatic heterocycles.